The van der Waals surface area contributed by atoms with Gasteiger partial charge in [-0.3, -0.25) is 4.79 Å². The van der Waals surface area contributed by atoms with Crippen molar-refractivity contribution in [2.24, 2.45) is 0 Å². The highest BCUT2D eigenvalue weighted by Gasteiger charge is 2.54. The monoisotopic (exact) mass is 549 g/mol. The zero-order valence-electron chi connectivity index (χ0n) is 20.8. The van der Waals surface area contributed by atoms with E-state index in [9.17, 15) is 36.0 Å². The molecule has 9 nitrogen and oxygen atoms in total. The molecule has 1 aliphatic heterocycles. The van der Waals surface area contributed by atoms with Gasteiger partial charge in [0, 0.05) is 12.6 Å². The number of rotatable bonds is 12. The third-order valence-electron chi connectivity index (χ3n) is 5.62. The van der Waals surface area contributed by atoms with Crippen molar-refractivity contribution in [3.05, 3.63) is 40.5 Å². The van der Waals surface area contributed by atoms with E-state index in [0.29, 0.717) is 19.3 Å². The number of alkyl halides is 3. The van der Waals surface area contributed by atoms with E-state index < -0.39 is 52.4 Å². The van der Waals surface area contributed by atoms with Crippen molar-refractivity contribution < 1.29 is 50.2 Å². The van der Waals surface area contributed by atoms with Crippen molar-refractivity contribution in [2.45, 2.75) is 64.0 Å². The molecule has 2 rings (SSSR count). The highest BCUT2D eigenvalue weighted by Crippen LogP contribution is 2.44. The summed E-state index contributed by atoms with van der Waals surface area (Å²) >= 11 is 0. The molecule has 0 aromatic heterocycles. The van der Waals surface area contributed by atoms with Crippen LogP contribution in [0.15, 0.2) is 18.2 Å². The molecule has 0 spiro atoms. The number of halogens is 3. The van der Waals surface area contributed by atoms with E-state index in [0.717, 1.165) is 19.6 Å². The molecule has 206 valence electrons. The van der Waals surface area contributed by atoms with Crippen LogP contribution < -0.4 is 0 Å². The Hall–Kier alpha value is -2.93. The maximum absolute atomic E-state index is 13.5. The predicted molar refractivity (Wildman–Crippen MR) is 126 cm³/mol. The quantitative estimate of drug-likeness (QED) is 0.164. The van der Waals surface area contributed by atoms with E-state index in [1.165, 1.54) is 18.2 Å². The fourth-order valence-corrected chi connectivity index (χ4v) is 4.76. The highest BCUT2D eigenvalue weighted by molar-refractivity contribution is 7.90. The van der Waals surface area contributed by atoms with Crippen molar-refractivity contribution >= 4 is 34.0 Å². The standard InChI is InChI=1S/C24H30F3NO8S/c1-4-6-10-35-21(29)9-8-16-12-17(23(31)34-3)13-18-19(16)15-28(37(32,33)24(25,26)27)20(18)14-22(30)36-11-7-5-2/h8-9,12-13,20H,4-7,10-11,14-15H2,1-3H3/b9-8+. The summed E-state index contributed by atoms with van der Waals surface area (Å²) in [6, 6.07) is 0.860. The first-order valence-electron chi connectivity index (χ1n) is 11.7. The van der Waals surface area contributed by atoms with E-state index in [2.05, 4.69) is 0 Å². The number of carbonyl (C=O) groups is 3. The summed E-state index contributed by atoms with van der Waals surface area (Å²) in [6.45, 7) is 3.21. The summed E-state index contributed by atoms with van der Waals surface area (Å²) in [5, 5.41) is 0. The fraction of sp³-hybridized carbons (Fsp3) is 0.542. The minimum Gasteiger partial charge on any atom is -0.466 e. The average molecular weight is 550 g/mol. The number of carbonyl (C=O) groups excluding carboxylic acids is 3. The van der Waals surface area contributed by atoms with Gasteiger partial charge in [-0.25, -0.2) is 18.0 Å². The van der Waals surface area contributed by atoms with Gasteiger partial charge in [0.15, 0.2) is 0 Å². The Morgan fingerprint density at radius 3 is 2.27 bits per heavy atom. The van der Waals surface area contributed by atoms with Crippen molar-refractivity contribution in [3.63, 3.8) is 0 Å². The summed E-state index contributed by atoms with van der Waals surface area (Å²) in [4.78, 5) is 36.7. The molecular weight excluding hydrogens is 519 g/mol. The third-order valence-corrected chi connectivity index (χ3v) is 7.21. The maximum Gasteiger partial charge on any atom is 0.511 e. The zero-order valence-corrected chi connectivity index (χ0v) is 21.6. The van der Waals surface area contributed by atoms with E-state index in [1.54, 1.807) is 0 Å². The van der Waals surface area contributed by atoms with Crippen LogP contribution in [-0.4, -0.2) is 56.5 Å². The molecule has 1 unspecified atom stereocenters. The van der Waals surface area contributed by atoms with Crippen LogP contribution in [-0.2, 0) is 40.4 Å². The molecule has 0 bridgehead atoms. The maximum atomic E-state index is 13.5. The molecule has 0 N–H and O–H groups in total. The van der Waals surface area contributed by atoms with Crippen molar-refractivity contribution in [1.29, 1.82) is 0 Å². The molecule has 1 aliphatic rings. The molecule has 1 aromatic rings. The van der Waals surface area contributed by atoms with Crippen LogP contribution >= 0.6 is 0 Å². The number of benzene rings is 1. The Labute approximate surface area is 213 Å². The molecular formula is C24H30F3NO8S. The molecule has 1 heterocycles. The second kappa shape index (κ2) is 13.0. The first kappa shape index (κ1) is 30.3. The lowest BCUT2D eigenvalue weighted by atomic mass is 9.95. The van der Waals surface area contributed by atoms with Gasteiger partial charge in [-0.15, -0.1) is 0 Å². The zero-order chi connectivity index (χ0) is 27.8. The Morgan fingerprint density at radius 1 is 1.08 bits per heavy atom. The Bertz CT molecular complexity index is 1130. The number of hydrogen-bond acceptors (Lipinski definition) is 8. The molecule has 0 radical (unpaired) electrons. The van der Waals surface area contributed by atoms with Crippen LogP contribution in [0.3, 0.4) is 0 Å². The van der Waals surface area contributed by atoms with Crippen LogP contribution in [0.4, 0.5) is 13.2 Å². The number of fused-ring (bicyclic) bond motifs is 1. The predicted octanol–water partition coefficient (Wildman–Crippen LogP) is 4.27. The van der Waals surface area contributed by atoms with E-state index in [4.69, 9.17) is 14.2 Å². The highest BCUT2D eigenvalue weighted by atomic mass is 32.2. The first-order valence-corrected chi connectivity index (χ1v) is 13.1. The SMILES string of the molecule is CCCCOC(=O)/C=C/c1cc(C(=O)OC)cc2c1CN(S(=O)(=O)C(F)(F)F)C2CC(=O)OCCCC. The van der Waals surface area contributed by atoms with Crippen LogP contribution in [0.5, 0.6) is 0 Å². The van der Waals surface area contributed by atoms with Crippen molar-refractivity contribution in [3.8, 4) is 0 Å². The molecule has 0 saturated heterocycles. The molecule has 0 saturated carbocycles. The number of ether oxygens (including phenoxy) is 3. The smallest absolute Gasteiger partial charge is 0.466 e. The van der Waals surface area contributed by atoms with Gasteiger partial charge >= 0.3 is 33.4 Å². The van der Waals surface area contributed by atoms with Crippen molar-refractivity contribution in [1.82, 2.24) is 4.31 Å². The normalized spacial score (nSPS) is 16.0. The first-order chi connectivity index (χ1) is 17.4. The fourth-order valence-electron chi connectivity index (χ4n) is 3.67. The van der Waals surface area contributed by atoms with Gasteiger partial charge in [-0.1, -0.05) is 26.7 Å². The van der Waals surface area contributed by atoms with Crippen LogP contribution in [0.25, 0.3) is 6.08 Å². The lowest BCUT2D eigenvalue weighted by Gasteiger charge is -2.25. The summed E-state index contributed by atoms with van der Waals surface area (Å²) in [6.07, 6.45) is 4.19. The number of nitrogens with zero attached hydrogens (tertiary/aromatic N) is 1. The summed E-state index contributed by atoms with van der Waals surface area (Å²) in [5.41, 5.74) is -5.53. The van der Waals surface area contributed by atoms with E-state index in [-0.39, 0.29) is 39.8 Å². The summed E-state index contributed by atoms with van der Waals surface area (Å²) in [7, 11) is -4.78. The van der Waals surface area contributed by atoms with Gasteiger partial charge in [0.25, 0.3) is 0 Å². The van der Waals surface area contributed by atoms with Gasteiger partial charge in [0.05, 0.1) is 38.3 Å². The lowest BCUT2D eigenvalue weighted by Crippen LogP contribution is -2.40. The molecule has 1 atom stereocenters. The van der Waals surface area contributed by atoms with Gasteiger partial charge in [0.2, 0.25) is 0 Å². The number of hydrogen-bond donors (Lipinski definition) is 0. The Kier molecular flexibility index (Phi) is 10.7. The number of methoxy groups -OCH3 is 1. The lowest BCUT2D eigenvalue weighted by molar-refractivity contribution is -0.145. The minimum atomic E-state index is -5.87. The number of esters is 3. The molecule has 0 aliphatic carbocycles. The molecule has 1 aromatic carbocycles. The number of unbranched alkanes of at least 4 members (excludes halogenated alkanes) is 2. The second-order valence-corrected chi connectivity index (χ2v) is 10.2. The summed E-state index contributed by atoms with van der Waals surface area (Å²) < 4.78 is 80.4. The number of sulfonamides is 1. The van der Waals surface area contributed by atoms with Crippen LogP contribution in [0.2, 0.25) is 0 Å². The molecule has 13 heteroatoms. The van der Waals surface area contributed by atoms with Crippen molar-refractivity contribution in [2.75, 3.05) is 20.3 Å². The third kappa shape index (κ3) is 7.54. The van der Waals surface area contributed by atoms with Crippen LogP contribution in [0, 0.1) is 0 Å². The average Bonchev–Trinajstić information content (AvgIpc) is 3.20. The Balaban J connectivity index is 2.57. The molecule has 0 amide bonds. The van der Waals surface area contributed by atoms with E-state index in [1.807, 2.05) is 13.8 Å². The van der Waals surface area contributed by atoms with Gasteiger partial charge in [0.1, 0.15) is 0 Å². The van der Waals surface area contributed by atoms with Gasteiger partial charge in [-0.05, 0) is 47.7 Å². The van der Waals surface area contributed by atoms with Gasteiger partial charge < -0.3 is 14.2 Å². The summed E-state index contributed by atoms with van der Waals surface area (Å²) in [5.74, 6) is -2.46. The van der Waals surface area contributed by atoms with Crippen LogP contribution in [0.1, 0.15) is 79.0 Å². The topological polar surface area (TPSA) is 116 Å². The van der Waals surface area contributed by atoms with Gasteiger partial charge in [-0.2, -0.15) is 17.5 Å². The largest absolute Gasteiger partial charge is 0.511 e. The Morgan fingerprint density at radius 2 is 1.70 bits per heavy atom. The molecule has 0 fully saturated rings. The minimum absolute atomic E-state index is 0.00201. The second-order valence-electron chi connectivity index (χ2n) is 8.27. The van der Waals surface area contributed by atoms with E-state index >= 15 is 0 Å². The molecule has 37 heavy (non-hydrogen) atoms.